The molecule has 1 N–H and O–H groups in total. The molecule has 8 heteroatoms. The first-order valence-corrected chi connectivity index (χ1v) is 8.00. The van der Waals surface area contributed by atoms with Gasteiger partial charge in [0.25, 0.3) is 0 Å². The van der Waals surface area contributed by atoms with Crippen molar-refractivity contribution in [2.45, 2.75) is 37.9 Å². The fourth-order valence-corrected chi connectivity index (χ4v) is 2.89. The van der Waals surface area contributed by atoms with E-state index in [4.69, 9.17) is 4.74 Å². The number of halogens is 4. The van der Waals surface area contributed by atoms with Gasteiger partial charge >= 0.3 is 6.18 Å². The minimum Gasteiger partial charge on any atom is -0.439 e. The van der Waals surface area contributed by atoms with E-state index >= 15 is 0 Å². The first-order chi connectivity index (χ1) is 11.9. The number of ether oxygens (including phenoxy) is 1. The number of nitrogens with one attached hydrogen (secondary N) is 1. The van der Waals surface area contributed by atoms with E-state index in [0.29, 0.717) is 18.6 Å². The van der Waals surface area contributed by atoms with Crippen molar-refractivity contribution >= 4 is 5.95 Å². The summed E-state index contributed by atoms with van der Waals surface area (Å²) in [7, 11) is 0. The third kappa shape index (κ3) is 4.80. The smallest absolute Gasteiger partial charge is 0.391 e. The van der Waals surface area contributed by atoms with Crippen LogP contribution in [0.15, 0.2) is 36.5 Å². The van der Waals surface area contributed by atoms with Gasteiger partial charge in [-0.1, -0.05) is 6.42 Å². The van der Waals surface area contributed by atoms with Crippen LogP contribution >= 0.6 is 0 Å². The third-order valence-corrected chi connectivity index (χ3v) is 4.14. The molecule has 1 saturated carbocycles. The zero-order valence-electron chi connectivity index (χ0n) is 13.3. The van der Waals surface area contributed by atoms with E-state index in [9.17, 15) is 17.6 Å². The lowest BCUT2D eigenvalue weighted by Gasteiger charge is -2.31. The number of nitrogens with zero attached hydrogens (tertiary/aromatic N) is 2. The SMILES string of the molecule is Fc1ccc(Oc2ccnc(NC3CCCC(C(F)(F)F)C3)n2)cc1. The maximum absolute atomic E-state index is 12.9. The summed E-state index contributed by atoms with van der Waals surface area (Å²) < 4.78 is 57.0. The summed E-state index contributed by atoms with van der Waals surface area (Å²) >= 11 is 0. The topological polar surface area (TPSA) is 47.0 Å². The Labute approximate surface area is 142 Å². The number of anilines is 1. The largest absolute Gasteiger partial charge is 0.439 e. The van der Waals surface area contributed by atoms with Gasteiger partial charge in [0.2, 0.25) is 11.8 Å². The Morgan fingerprint density at radius 1 is 1.08 bits per heavy atom. The van der Waals surface area contributed by atoms with E-state index in [-0.39, 0.29) is 36.5 Å². The summed E-state index contributed by atoms with van der Waals surface area (Å²) in [5.74, 6) is -0.827. The molecule has 3 rings (SSSR count). The molecule has 1 heterocycles. The maximum Gasteiger partial charge on any atom is 0.391 e. The van der Waals surface area contributed by atoms with Gasteiger partial charge in [-0.3, -0.25) is 0 Å². The monoisotopic (exact) mass is 355 g/mol. The van der Waals surface area contributed by atoms with Gasteiger partial charge in [0.1, 0.15) is 11.6 Å². The lowest BCUT2D eigenvalue weighted by molar-refractivity contribution is -0.182. The average Bonchev–Trinajstić information content (AvgIpc) is 2.57. The molecule has 2 atom stereocenters. The molecule has 1 aliphatic rings. The van der Waals surface area contributed by atoms with E-state index < -0.39 is 12.1 Å². The predicted molar refractivity (Wildman–Crippen MR) is 83.9 cm³/mol. The fourth-order valence-electron chi connectivity index (χ4n) is 2.89. The van der Waals surface area contributed by atoms with Crippen LogP contribution in [0.4, 0.5) is 23.5 Å². The van der Waals surface area contributed by atoms with Gasteiger partial charge < -0.3 is 10.1 Å². The first kappa shape index (κ1) is 17.4. The Morgan fingerprint density at radius 2 is 1.84 bits per heavy atom. The molecule has 4 nitrogen and oxygen atoms in total. The third-order valence-electron chi connectivity index (χ3n) is 4.14. The van der Waals surface area contributed by atoms with Gasteiger partial charge in [-0.15, -0.1) is 0 Å². The Kier molecular flexibility index (Phi) is 5.06. The average molecular weight is 355 g/mol. The highest BCUT2D eigenvalue weighted by Gasteiger charge is 2.42. The van der Waals surface area contributed by atoms with E-state index in [2.05, 4.69) is 15.3 Å². The van der Waals surface area contributed by atoms with Crippen molar-refractivity contribution in [2.24, 2.45) is 5.92 Å². The molecule has 0 spiro atoms. The van der Waals surface area contributed by atoms with Crippen LogP contribution < -0.4 is 10.1 Å². The molecule has 0 radical (unpaired) electrons. The number of hydrogen-bond acceptors (Lipinski definition) is 4. The highest BCUT2D eigenvalue weighted by molar-refractivity contribution is 5.32. The molecule has 0 aliphatic heterocycles. The van der Waals surface area contributed by atoms with Crippen molar-refractivity contribution in [3.63, 3.8) is 0 Å². The molecule has 1 aliphatic carbocycles. The number of hydrogen-bond donors (Lipinski definition) is 1. The molecule has 1 fully saturated rings. The van der Waals surface area contributed by atoms with Gasteiger partial charge in [-0.05, 0) is 43.5 Å². The number of aromatic nitrogens is 2. The summed E-state index contributed by atoms with van der Waals surface area (Å²) in [6, 6.07) is 6.62. The summed E-state index contributed by atoms with van der Waals surface area (Å²) in [6.45, 7) is 0. The quantitative estimate of drug-likeness (QED) is 0.789. The highest BCUT2D eigenvalue weighted by atomic mass is 19.4. The molecule has 1 aromatic heterocycles. The van der Waals surface area contributed by atoms with Crippen molar-refractivity contribution < 1.29 is 22.3 Å². The van der Waals surface area contributed by atoms with Crippen LogP contribution in [-0.2, 0) is 0 Å². The van der Waals surface area contributed by atoms with Crippen molar-refractivity contribution in [1.82, 2.24) is 9.97 Å². The zero-order chi connectivity index (χ0) is 17.9. The molecule has 2 unspecified atom stereocenters. The second-order valence-electron chi connectivity index (χ2n) is 6.02. The minimum absolute atomic E-state index is 0.00983. The van der Waals surface area contributed by atoms with Gasteiger partial charge in [0.05, 0.1) is 5.92 Å². The van der Waals surface area contributed by atoms with Crippen LogP contribution in [0.3, 0.4) is 0 Å². The van der Waals surface area contributed by atoms with Crippen LogP contribution in [0.5, 0.6) is 11.6 Å². The van der Waals surface area contributed by atoms with Crippen LogP contribution in [0, 0.1) is 11.7 Å². The van der Waals surface area contributed by atoms with Crippen LogP contribution in [0.1, 0.15) is 25.7 Å². The molecular formula is C17H17F4N3O. The normalized spacial score (nSPS) is 21.0. The number of alkyl halides is 3. The molecule has 134 valence electrons. The molecule has 25 heavy (non-hydrogen) atoms. The van der Waals surface area contributed by atoms with Crippen molar-refractivity contribution in [1.29, 1.82) is 0 Å². The van der Waals surface area contributed by atoms with Crippen molar-refractivity contribution in [3.8, 4) is 11.6 Å². The zero-order valence-corrected chi connectivity index (χ0v) is 13.3. The minimum atomic E-state index is -4.17. The standard InChI is InChI=1S/C17H17F4N3O/c18-12-4-6-14(7-5-12)25-15-8-9-22-16(24-15)23-13-3-1-2-11(10-13)17(19,20)21/h4-9,11,13H,1-3,10H2,(H,22,23,24). The van der Waals surface area contributed by atoms with Gasteiger partial charge in [-0.25, -0.2) is 9.37 Å². The second-order valence-corrected chi connectivity index (χ2v) is 6.02. The first-order valence-electron chi connectivity index (χ1n) is 8.00. The van der Waals surface area contributed by atoms with Gasteiger partial charge in [0.15, 0.2) is 0 Å². The maximum atomic E-state index is 12.9. The van der Waals surface area contributed by atoms with E-state index in [1.807, 2.05) is 0 Å². The summed E-state index contributed by atoms with van der Waals surface area (Å²) in [6.07, 6.45) is -1.40. The molecule has 0 saturated heterocycles. The summed E-state index contributed by atoms with van der Waals surface area (Å²) in [5.41, 5.74) is 0. The molecule has 0 bridgehead atoms. The summed E-state index contributed by atoms with van der Waals surface area (Å²) in [4.78, 5) is 8.19. The van der Waals surface area contributed by atoms with Crippen LogP contribution in [0.2, 0.25) is 0 Å². The van der Waals surface area contributed by atoms with Crippen LogP contribution in [0.25, 0.3) is 0 Å². The second kappa shape index (κ2) is 7.25. The van der Waals surface area contributed by atoms with E-state index in [1.54, 1.807) is 0 Å². The molecule has 2 aromatic rings. The Balaban J connectivity index is 1.64. The molecule has 1 aromatic carbocycles. The highest BCUT2D eigenvalue weighted by Crippen LogP contribution is 2.38. The fraction of sp³-hybridized carbons (Fsp3) is 0.412. The van der Waals surface area contributed by atoms with E-state index in [1.165, 1.54) is 36.5 Å². The van der Waals surface area contributed by atoms with Gasteiger partial charge in [-0.2, -0.15) is 18.2 Å². The Hall–Kier alpha value is -2.38. The van der Waals surface area contributed by atoms with Crippen molar-refractivity contribution in [3.05, 3.63) is 42.3 Å². The van der Waals surface area contributed by atoms with Crippen molar-refractivity contribution in [2.75, 3.05) is 5.32 Å². The molecular weight excluding hydrogens is 338 g/mol. The van der Waals surface area contributed by atoms with Gasteiger partial charge in [0, 0.05) is 18.3 Å². The Morgan fingerprint density at radius 3 is 2.56 bits per heavy atom. The lowest BCUT2D eigenvalue weighted by Crippen LogP contribution is -2.35. The summed E-state index contributed by atoms with van der Waals surface area (Å²) in [5, 5.41) is 2.96. The lowest BCUT2D eigenvalue weighted by atomic mass is 9.85. The number of rotatable bonds is 4. The number of benzene rings is 1. The van der Waals surface area contributed by atoms with Crippen LogP contribution in [-0.4, -0.2) is 22.2 Å². The predicted octanol–water partition coefficient (Wildman–Crippen LogP) is 4.94. The Bertz CT molecular complexity index is 706. The van der Waals surface area contributed by atoms with E-state index in [0.717, 1.165) is 0 Å². The molecule has 0 amide bonds.